The minimum atomic E-state index is -1.07. The van der Waals surface area contributed by atoms with Gasteiger partial charge >= 0.3 is 5.97 Å². The standard InChI is InChI=1S/C28H31N5O6/c1-17-6-7-19-11-24(17)39-21-5-3-4-18(10-21)16-38-23-8-9-33(13-20-12-29-31-26(20)28(36)37)14-22(23)30-25(34)15-32(2)27(19)35/h3-7,10-12,22-23H,8-9,13-16H2,1-2H3,(H,29,31)(H,30,34)(H,36,37)/t22-,23+/m0/s1. The zero-order chi connectivity index (χ0) is 27.5. The second-order valence-electron chi connectivity index (χ2n) is 10.0. The maximum atomic E-state index is 13.1. The van der Waals surface area contributed by atoms with E-state index in [4.69, 9.17) is 9.47 Å². The number of carboxylic acids is 1. The molecular formula is C28H31N5O6. The molecule has 0 spiro atoms. The van der Waals surface area contributed by atoms with Crippen molar-refractivity contribution in [3.8, 4) is 11.5 Å². The summed E-state index contributed by atoms with van der Waals surface area (Å²) in [4.78, 5) is 41.2. The van der Waals surface area contributed by atoms with Gasteiger partial charge in [-0.2, -0.15) is 5.10 Å². The van der Waals surface area contributed by atoms with Gasteiger partial charge in [-0.15, -0.1) is 0 Å². The van der Waals surface area contributed by atoms with Gasteiger partial charge in [-0.1, -0.05) is 18.2 Å². The van der Waals surface area contributed by atoms with Gasteiger partial charge in [-0.3, -0.25) is 19.6 Å². The van der Waals surface area contributed by atoms with Gasteiger partial charge < -0.3 is 24.8 Å². The van der Waals surface area contributed by atoms with Gasteiger partial charge in [0.1, 0.15) is 17.2 Å². The molecular weight excluding hydrogens is 502 g/mol. The fourth-order valence-corrected chi connectivity index (χ4v) is 4.97. The fraction of sp³-hybridized carbons (Fsp3) is 0.357. The quantitative estimate of drug-likeness (QED) is 0.467. The molecule has 0 unspecified atom stereocenters. The first-order valence-corrected chi connectivity index (χ1v) is 12.8. The van der Waals surface area contributed by atoms with Crippen LogP contribution in [0.1, 0.15) is 44.0 Å². The molecule has 2 atom stereocenters. The predicted octanol–water partition coefficient (Wildman–Crippen LogP) is 2.57. The van der Waals surface area contributed by atoms with Crippen LogP contribution >= 0.6 is 0 Å². The van der Waals surface area contributed by atoms with E-state index in [0.717, 1.165) is 11.1 Å². The third kappa shape index (κ3) is 6.10. The highest BCUT2D eigenvalue weighted by atomic mass is 16.5. The number of amides is 2. The lowest BCUT2D eigenvalue weighted by Gasteiger charge is -2.39. The molecule has 2 aliphatic rings. The first kappa shape index (κ1) is 26.4. The Balaban J connectivity index is 1.39. The number of carbonyl (C=O) groups is 3. The SMILES string of the molecule is Cc1ccc2cc1Oc1cccc(c1)CO[C@@H]1CCN(Cc3cn[nH]c3C(=O)O)C[C@@H]1NC(=O)CN(C)C2=O. The Bertz CT molecular complexity index is 1390. The Hall–Kier alpha value is -4.22. The van der Waals surface area contributed by atoms with E-state index in [9.17, 15) is 19.5 Å². The number of rotatable bonds is 3. The van der Waals surface area contributed by atoms with Gasteiger partial charge in [0.05, 0.1) is 31.5 Å². The Labute approximate surface area is 225 Å². The van der Waals surface area contributed by atoms with E-state index < -0.39 is 5.97 Å². The number of carbonyl (C=O) groups excluding carboxylic acids is 2. The minimum absolute atomic E-state index is 0.0527. The van der Waals surface area contributed by atoms with Gasteiger partial charge in [0.15, 0.2) is 0 Å². The van der Waals surface area contributed by atoms with Gasteiger partial charge in [-0.05, 0) is 48.7 Å². The van der Waals surface area contributed by atoms with E-state index in [2.05, 4.69) is 20.4 Å². The number of H-pyrrole nitrogens is 1. The molecule has 1 fully saturated rings. The monoisotopic (exact) mass is 533 g/mol. The lowest BCUT2D eigenvalue weighted by molar-refractivity contribution is -0.125. The number of aromatic amines is 1. The number of nitrogens with one attached hydrogen (secondary N) is 2. The number of aromatic nitrogens is 2. The second-order valence-corrected chi connectivity index (χ2v) is 10.0. The predicted molar refractivity (Wildman–Crippen MR) is 141 cm³/mol. The Morgan fingerprint density at radius 1 is 1.21 bits per heavy atom. The smallest absolute Gasteiger partial charge is 0.354 e. The van der Waals surface area contributed by atoms with Crippen molar-refractivity contribution in [1.82, 2.24) is 25.3 Å². The Morgan fingerprint density at radius 3 is 2.87 bits per heavy atom. The third-order valence-electron chi connectivity index (χ3n) is 7.06. The van der Waals surface area contributed by atoms with E-state index in [1.165, 1.54) is 11.1 Å². The molecule has 0 saturated carbocycles. The summed E-state index contributed by atoms with van der Waals surface area (Å²) in [5.74, 6) is -0.467. The van der Waals surface area contributed by atoms with Crippen LogP contribution in [-0.4, -0.2) is 81.7 Å². The van der Waals surface area contributed by atoms with Crippen molar-refractivity contribution in [2.75, 3.05) is 26.7 Å². The van der Waals surface area contributed by atoms with E-state index in [0.29, 0.717) is 55.3 Å². The van der Waals surface area contributed by atoms with Crippen molar-refractivity contribution >= 4 is 17.8 Å². The number of likely N-dealkylation sites (N-methyl/N-ethyl adjacent to an activating group) is 1. The van der Waals surface area contributed by atoms with Crippen LogP contribution in [0.15, 0.2) is 48.7 Å². The lowest BCUT2D eigenvalue weighted by Crippen LogP contribution is -2.57. The molecule has 204 valence electrons. The number of hydrogen-bond donors (Lipinski definition) is 3. The molecule has 39 heavy (non-hydrogen) atoms. The van der Waals surface area contributed by atoms with E-state index in [1.807, 2.05) is 37.3 Å². The van der Waals surface area contributed by atoms with Gasteiger partial charge in [0.2, 0.25) is 5.91 Å². The van der Waals surface area contributed by atoms with Crippen molar-refractivity contribution < 1.29 is 29.0 Å². The summed E-state index contributed by atoms with van der Waals surface area (Å²) in [7, 11) is 1.59. The van der Waals surface area contributed by atoms with Crippen molar-refractivity contribution in [3.63, 3.8) is 0 Å². The molecule has 2 amide bonds. The number of hydrogen-bond acceptors (Lipinski definition) is 7. The number of carboxylic acid groups (broad SMARTS) is 1. The highest BCUT2D eigenvalue weighted by Crippen LogP contribution is 2.28. The lowest BCUT2D eigenvalue weighted by atomic mass is 10.0. The van der Waals surface area contributed by atoms with Crippen molar-refractivity contribution in [1.29, 1.82) is 0 Å². The number of aromatic carboxylic acids is 1. The number of likely N-dealkylation sites (tertiary alicyclic amines) is 1. The van der Waals surface area contributed by atoms with Crippen LogP contribution in [0.2, 0.25) is 0 Å². The number of benzene rings is 2. The van der Waals surface area contributed by atoms with E-state index >= 15 is 0 Å². The first-order valence-electron chi connectivity index (χ1n) is 12.8. The highest BCUT2D eigenvalue weighted by molar-refractivity contribution is 5.96. The summed E-state index contributed by atoms with van der Waals surface area (Å²) >= 11 is 0. The Morgan fingerprint density at radius 2 is 2.05 bits per heavy atom. The summed E-state index contributed by atoms with van der Waals surface area (Å²) in [6, 6.07) is 12.5. The van der Waals surface area contributed by atoms with E-state index in [-0.39, 0.29) is 36.2 Å². The van der Waals surface area contributed by atoms with Gasteiger partial charge in [0, 0.05) is 37.8 Å². The summed E-state index contributed by atoms with van der Waals surface area (Å²) in [5, 5.41) is 18.9. The maximum Gasteiger partial charge on any atom is 0.354 e. The zero-order valence-corrected chi connectivity index (χ0v) is 21.8. The normalized spacial score (nSPS) is 20.6. The van der Waals surface area contributed by atoms with Crippen LogP contribution in [0.3, 0.4) is 0 Å². The average Bonchev–Trinajstić information content (AvgIpc) is 3.37. The van der Waals surface area contributed by atoms with Crippen LogP contribution < -0.4 is 10.1 Å². The molecule has 11 nitrogen and oxygen atoms in total. The van der Waals surface area contributed by atoms with Gasteiger partial charge in [0.25, 0.3) is 5.91 Å². The molecule has 1 saturated heterocycles. The molecule has 0 radical (unpaired) electrons. The van der Waals surface area contributed by atoms with Gasteiger partial charge in [-0.25, -0.2) is 4.79 Å². The first-order chi connectivity index (χ1) is 18.8. The summed E-state index contributed by atoms with van der Waals surface area (Å²) in [5.41, 5.74) is 2.85. The molecule has 3 aromatic rings. The Kier molecular flexibility index (Phi) is 7.62. The summed E-state index contributed by atoms with van der Waals surface area (Å²) in [6.07, 6.45) is 1.86. The molecule has 1 aromatic heterocycles. The fourth-order valence-electron chi connectivity index (χ4n) is 4.97. The molecule has 11 heteroatoms. The van der Waals surface area contributed by atoms with Crippen molar-refractivity contribution in [2.24, 2.45) is 0 Å². The largest absolute Gasteiger partial charge is 0.477 e. The number of ether oxygens (including phenoxy) is 2. The summed E-state index contributed by atoms with van der Waals surface area (Å²) in [6.45, 7) is 3.57. The van der Waals surface area contributed by atoms with Crippen LogP contribution in [0.5, 0.6) is 11.5 Å². The third-order valence-corrected chi connectivity index (χ3v) is 7.06. The van der Waals surface area contributed by atoms with Crippen LogP contribution in [-0.2, 0) is 22.7 Å². The minimum Gasteiger partial charge on any atom is -0.477 e. The van der Waals surface area contributed by atoms with Crippen LogP contribution in [0, 0.1) is 6.92 Å². The topological polar surface area (TPSA) is 137 Å². The molecule has 2 aromatic carbocycles. The number of piperidine rings is 1. The van der Waals surface area contributed by atoms with Crippen molar-refractivity contribution in [2.45, 2.75) is 38.6 Å². The molecule has 4 bridgehead atoms. The highest BCUT2D eigenvalue weighted by Gasteiger charge is 2.32. The maximum absolute atomic E-state index is 13.1. The molecule has 2 aliphatic heterocycles. The van der Waals surface area contributed by atoms with Crippen molar-refractivity contribution in [3.05, 3.63) is 76.6 Å². The van der Waals surface area contributed by atoms with Crippen LogP contribution in [0.4, 0.5) is 0 Å². The molecule has 0 aliphatic carbocycles. The molecule has 3 heterocycles. The number of fused-ring (bicyclic) bond motifs is 5. The second kappa shape index (κ2) is 11.3. The zero-order valence-electron chi connectivity index (χ0n) is 21.8. The molecule has 5 rings (SSSR count). The average molecular weight is 534 g/mol. The summed E-state index contributed by atoms with van der Waals surface area (Å²) < 4.78 is 12.4. The number of aryl methyl sites for hydroxylation is 1. The molecule has 3 N–H and O–H groups in total. The van der Waals surface area contributed by atoms with E-state index in [1.54, 1.807) is 19.2 Å². The number of nitrogens with zero attached hydrogens (tertiary/aromatic N) is 3. The van der Waals surface area contributed by atoms with Crippen LogP contribution in [0.25, 0.3) is 0 Å².